The van der Waals surface area contributed by atoms with Crippen LogP contribution in [0.2, 0.25) is 0 Å². The Hall–Kier alpha value is 0.250. The Morgan fingerprint density at radius 3 is 2.40 bits per heavy atom. The van der Waals surface area contributed by atoms with Crippen molar-refractivity contribution in [3.8, 4) is 0 Å². The molecule has 0 radical (unpaired) electrons. The van der Waals surface area contributed by atoms with E-state index in [0.717, 1.165) is 13.0 Å². The molecule has 0 rings (SSSR count). The zero-order valence-electron chi connectivity index (χ0n) is 7.15. The van der Waals surface area contributed by atoms with Gasteiger partial charge in [-0.25, -0.2) is 0 Å². The second-order valence-corrected chi connectivity index (χ2v) is 3.58. The van der Waals surface area contributed by atoms with Gasteiger partial charge in [0.1, 0.15) is 0 Å². The molecule has 0 aromatic carbocycles. The third-order valence-electron chi connectivity index (χ3n) is 1.65. The summed E-state index contributed by atoms with van der Waals surface area (Å²) in [7, 11) is 0. The number of halogens is 1. The molecule has 62 valence electrons. The Morgan fingerprint density at radius 2 is 2.00 bits per heavy atom. The van der Waals surface area contributed by atoms with E-state index in [0.29, 0.717) is 11.4 Å². The van der Waals surface area contributed by atoms with Crippen LogP contribution in [0.3, 0.4) is 0 Å². The Bertz CT molecular complexity index is 73.7. The Labute approximate surface area is 69.1 Å². The standard InChI is InChI=1S/C8H18ClN/c1-4-8(3)10-6-5-7(2)9/h7-8,10H,4-6H2,1-3H3. The normalized spacial score (nSPS) is 16.8. The Kier molecular flexibility index (Phi) is 6.14. The van der Waals surface area contributed by atoms with E-state index >= 15 is 0 Å². The molecular weight excluding hydrogens is 146 g/mol. The minimum absolute atomic E-state index is 0.302. The van der Waals surface area contributed by atoms with Crippen molar-refractivity contribution in [1.29, 1.82) is 0 Å². The van der Waals surface area contributed by atoms with Crippen molar-refractivity contribution in [2.75, 3.05) is 6.54 Å². The van der Waals surface area contributed by atoms with Crippen molar-refractivity contribution in [2.45, 2.75) is 45.0 Å². The molecular formula is C8H18ClN. The van der Waals surface area contributed by atoms with Crippen LogP contribution in [0.5, 0.6) is 0 Å². The second kappa shape index (κ2) is 5.99. The van der Waals surface area contributed by atoms with Gasteiger partial charge in [-0.3, -0.25) is 0 Å². The fourth-order valence-electron chi connectivity index (χ4n) is 0.673. The smallest absolute Gasteiger partial charge is 0.0319 e. The lowest BCUT2D eigenvalue weighted by molar-refractivity contribution is 0.523. The average Bonchev–Trinajstić information content (AvgIpc) is 1.87. The van der Waals surface area contributed by atoms with Gasteiger partial charge in [0.2, 0.25) is 0 Å². The summed E-state index contributed by atoms with van der Waals surface area (Å²) >= 11 is 5.76. The highest BCUT2D eigenvalue weighted by molar-refractivity contribution is 6.20. The molecule has 0 heterocycles. The summed E-state index contributed by atoms with van der Waals surface area (Å²) < 4.78 is 0. The largest absolute Gasteiger partial charge is 0.314 e. The summed E-state index contributed by atoms with van der Waals surface area (Å²) in [6.07, 6.45) is 2.25. The van der Waals surface area contributed by atoms with Crippen molar-refractivity contribution in [3.63, 3.8) is 0 Å². The molecule has 0 aliphatic rings. The predicted molar refractivity (Wildman–Crippen MR) is 47.7 cm³/mol. The minimum atomic E-state index is 0.302. The molecule has 2 unspecified atom stereocenters. The number of alkyl halides is 1. The topological polar surface area (TPSA) is 12.0 Å². The number of hydrogen-bond donors (Lipinski definition) is 1. The second-order valence-electron chi connectivity index (χ2n) is 2.83. The molecule has 2 heteroatoms. The van der Waals surface area contributed by atoms with Crippen molar-refractivity contribution in [2.24, 2.45) is 0 Å². The summed E-state index contributed by atoms with van der Waals surface area (Å²) in [6, 6.07) is 0.635. The fraction of sp³-hybridized carbons (Fsp3) is 1.00. The van der Waals surface area contributed by atoms with Gasteiger partial charge in [0.25, 0.3) is 0 Å². The molecule has 0 saturated heterocycles. The maximum absolute atomic E-state index is 5.76. The molecule has 2 atom stereocenters. The van der Waals surface area contributed by atoms with E-state index in [4.69, 9.17) is 11.6 Å². The summed E-state index contributed by atoms with van der Waals surface area (Å²) in [4.78, 5) is 0. The monoisotopic (exact) mass is 163 g/mol. The highest BCUT2D eigenvalue weighted by atomic mass is 35.5. The first kappa shape index (κ1) is 10.2. The van der Waals surface area contributed by atoms with Crippen LogP contribution >= 0.6 is 11.6 Å². The first-order valence-corrected chi connectivity index (χ1v) is 4.48. The average molecular weight is 164 g/mol. The van der Waals surface area contributed by atoms with Gasteiger partial charge in [-0.2, -0.15) is 0 Å². The molecule has 1 nitrogen and oxygen atoms in total. The maximum Gasteiger partial charge on any atom is 0.0319 e. The SMILES string of the molecule is CCC(C)NCCC(C)Cl. The van der Waals surface area contributed by atoms with Crippen LogP contribution in [0.1, 0.15) is 33.6 Å². The summed E-state index contributed by atoms with van der Waals surface area (Å²) in [6.45, 7) is 7.44. The van der Waals surface area contributed by atoms with Gasteiger partial charge in [-0.1, -0.05) is 6.92 Å². The Morgan fingerprint density at radius 1 is 1.40 bits per heavy atom. The molecule has 0 fully saturated rings. The van der Waals surface area contributed by atoms with E-state index in [1.165, 1.54) is 6.42 Å². The van der Waals surface area contributed by atoms with Crippen molar-refractivity contribution in [1.82, 2.24) is 5.32 Å². The zero-order chi connectivity index (χ0) is 7.98. The molecule has 0 aliphatic heterocycles. The highest BCUT2D eigenvalue weighted by Crippen LogP contribution is 1.98. The predicted octanol–water partition coefficient (Wildman–Crippen LogP) is 2.39. The minimum Gasteiger partial charge on any atom is -0.314 e. The number of rotatable bonds is 5. The maximum atomic E-state index is 5.76. The van der Waals surface area contributed by atoms with E-state index in [1.54, 1.807) is 0 Å². The lowest BCUT2D eigenvalue weighted by atomic mass is 10.2. The lowest BCUT2D eigenvalue weighted by Crippen LogP contribution is -2.27. The van der Waals surface area contributed by atoms with Gasteiger partial charge in [-0.15, -0.1) is 11.6 Å². The first-order valence-electron chi connectivity index (χ1n) is 4.04. The highest BCUT2D eigenvalue weighted by Gasteiger charge is 1.98. The lowest BCUT2D eigenvalue weighted by Gasteiger charge is -2.11. The van der Waals surface area contributed by atoms with Crippen LogP contribution in [0.4, 0.5) is 0 Å². The third kappa shape index (κ3) is 6.37. The molecule has 0 amide bonds. The van der Waals surface area contributed by atoms with Crippen LogP contribution in [0, 0.1) is 0 Å². The van der Waals surface area contributed by atoms with E-state index in [9.17, 15) is 0 Å². The molecule has 0 aliphatic carbocycles. The van der Waals surface area contributed by atoms with Crippen molar-refractivity contribution < 1.29 is 0 Å². The van der Waals surface area contributed by atoms with Crippen LogP contribution in [-0.2, 0) is 0 Å². The van der Waals surface area contributed by atoms with Gasteiger partial charge in [-0.05, 0) is 33.2 Å². The van der Waals surface area contributed by atoms with Crippen LogP contribution in [-0.4, -0.2) is 18.0 Å². The quantitative estimate of drug-likeness (QED) is 0.614. The van der Waals surface area contributed by atoms with E-state index in [1.807, 2.05) is 6.92 Å². The van der Waals surface area contributed by atoms with E-state index < -0.39 is 0 Å². The molecule has 0 aromatic heterocycles. The van der Waals surface area contributed by atoms with Crippen LogP contribution in [0.25, 0.3) is 0 Å². The Balaban J connectivity index is 3.03. The summed E-state index contributed by atoms with van der Waals surface area (Å²) in [5.74, 6) is 0. The third-order valence-corrected chi connectivity index (χ3v) is 1.87. The van der Waals surface area contributed by atoms with Gasteiger partial charge in [0.15, 0.2) is 0 Å². The summed E-state index contributed by atoms with van der Waals surface area (Å²) in [5.41, 5.74) is 0. The van der Waals surface area contributed by atoms with Crippen LogP contribution < -0.4 is 5.32 Å². The fourth-order valence-corrected chi connectivity index (χ4v) is 0.782. The van der Waals surface area contributed by atoms with Gasteiger partial charge < -0.3 is 5.32 Å². The van der Waals surface area contributed by atoms with Crippen molar-refractivity contribution >= 4 is 11.6 Å². The van der Waals surface area contributed by atoms with E-state index in [-0.39, 0.29) is 0 Å². The number of hydrogen-bond acceptors (Lipinski definition) is 1. The van der Waals surface area contributed by atoms with Crippen LogP contribution in [0.15, 0.2) is 0 Å². The first-order chi connectivity index (χ1) is 4.66. The molecule has 0 bridgehead atoms. The van der Waals surface area contributed by atoms with Gasteiger partial charge in [0, 0.05) is 11.4 Å². The number of nitrogens with one attached hydrogen (secondary N) is 1. The molecule has 1 N–H and O–H groups in total. The molecule has 10 heavy (non-hydrogen) atoms. The van der Waals surface area contributed by atoms with E-state index in [2.05, 4.69) is 19.2 Å². The van der Waals surface area contributed by atoms with Gasteiger partial charge in [0.05, 0.1) is 0 Å². The zero-order valence-corrected chi connectivity index (χ0v) is 7.91. The van der Waals surface area contributed by atoms with Gasteiger partial charge >= 0.3 is 0 Å². The summed E-state index contributed by atoms with van der Waals surface area (Å²) in [5, 5.41) is 3.68. The molecule has 0 spiro atoms. The molecule has 0 aromatic rings. The van der Waals surface area contributed by atoms with Crippen molar-refractivity contribution in [3.05, 3.63) is 0 Å². The molecule has 0 saturated carbocycles.